The van der Waals surface area contributed by atoms with Gasteiger partial charge in [0.1, 0.15) is 0 Å². The minimum absolute atomic E-state index is 0.0804. The van der Waals surface area contributed by atoms with Crippen molar-refractivity contribution in [1.29, 1.82) is 5.41 Å². The van der Waals surface area contributed by atoms with Crippen LogP contribution in [0.5, 0.6) is 0 Å². The quantitative estimate of drug-likeness (QED) is 0.550. The van der Waals surface area contributed by atoms with Crippen molar-refractivity contribution >= 4 is 17.6 Å². The van der Waals surface area contributed by atoms with Crippen LogP contribution in [0.25, 0.3) is 0 Å². The molecule has 0 saturated carbocycles. The molecule has 5 nitrogen and oxygen atoms in total. The van der Waals surface area contributed by atoms with Crippen LogP contribution in [0.2, 0.25) is 0 Å². The standard InChI is InChI=1S/C13H18N4O/c14-12(15)10-6-8-17(9-7-10)13(18)16-11-4-2-1-3-5-11/h1-5,10H,6-9H2,(H3,14,15)(H,16,18). The number of urea groups is 1. The van der Waals surface area contributed by atoms with E-state index in [2.05, 4.69) is 5.32 Å². The van der Waals surface area contributed by atoms with Crippen LogP contribution in [0.1, 0.15) is 12.8 Å². The van der Waals surface area contributed by atoms with Crippen LogP contribution in [0.3, 0.4) is 0 Å². The number of amides is 2. The minimum Gasteiger partial charge on any atom is -0.387 e. The van der Waals surface area contributed by atoms with E-state index >= 15 is 0 Å². The highest BCUT2D eigenvalue weighted by atomic mass is 16.2. The Balaban J connectivity index is 1.86. The van der Waals surface area contributed by atoms with E-state index in [4.69, 9.17) is 11.1 Å². The van der Waals surface area contributed by atoms with E-state index in [0.717, 1.165) is 18.5 Å². The SMILES string of the molecule is N=C(N)C1CCN(C(=O)Nc2ccccc2)CC1. The van der Waals surface area contributed by atoms with Crippen molar-refractivity contribution < 1.29 is 4.79 Å². The molecule has 0 unspecified atom stereocenters. The number of likely N-dealkylation sites (tertiary alicyclic amines) is 1. The van der Waals surface area contributed by atoms with Crippen molar-refractivity contribution in [3.8, 4) is 0 Å². The van der Waals surface area contributed by atoms with Gasteiger partial charge in [-0.1, -0.05) is 18.2 Å². The van der Waals surface area contributed by atoms with E-state index in [1.807, 2.05) is 30.3 Å². The Hall–Kier alpha value is -2.04. The van der Waals surface area contributed by atoms with Gasteiger partial charge in [0.15, 0.2) is 0 Å². The Labute approximate surface area is 106 Å². The zero-order valence-electron chi connectivity index (χ0n) is 10.2. The number of nitrogens with one attached hydrogen (secondary N) is 2. The second-order valence-corrected chi connectivity index (χ2v) is 4.51. The summed E-state index contributed by atoms with van der Waals surface area (Å²) in [4.78, 5) is 13.7. The van der Waals surface area contributed by atoms with Gasteiger partial charge < -0.3 is 16.0 Å². The zero-order valence-corrected chi connectivity index (χ0v) is 10.2. The van der Waals surface area contributed by atoms with Crippen LogP contribution in [0, 0.1) is 11.3 Å². The first-order valence-electron chi connectivity index (χ1n) is 6.11. The number of piperidine rings is 1. The molecule has 0 atom stereocenters. The first-order chi connectivity index (χ1) is 8.66. The maximum atomic E-state index is 12.0. The van der Waals surface area contributed by atoms with Crippen LogP contribution in [-0.2, 0) is 0 Å². The molecule has 0 radical (unpaired) electrons. The van der Waals surface area contributed by atoms with E-state index in [1.54, 1.807) is 4.90 Å². The highest BCUT2D eigenvalue weighted by molar-refractivity contribution is 5.89. The fraction of sp³-hybridized carbons (Fsp3) is 0.385. The molecule has 0 bridgehead atoms. The summed E-state index contributed by atoms with van der Waals surface area (Å²) >= 11 is 0. The maximum Gasteiger partial charge on any atom is 0.321 e. The number of benzene rings is 1. The monoisotopic (exact) mass is 246 g/mol. The molecule has 0 aliphatic carbocycles. The van der Waals surface area contributed by atoms with Crippen LogP contribution < -0.4 is 11.1 Å². The van der Waals surface area contributed by atoms with Gasteiger partial charge in [0.05, 0.1) is 5.84 Å². The molecule has 0 spiro atoms. The average Bonchev–Trinajstić information content (AvgIpc) is 2.40. The molecule has 0 aromatic heterocycles. The summed E-state index contributed by atoms with van der Waals surface area (Å²) in [5.74, 6) is 0.365. The zero-order chi connectivity index (χ0) is 13.0. The molecular formula is C13H18N4O. The topological polar surface area (TPSA) is 82.2 Å². The number of rotatable bonds is 2. The third kappa shape index (κ3) is 3.00. The van der Waals surface area contributed by atoms with Crippen LogP contribution in [0.4, 0.5) is 10.5 Å². The van der Waals surface area contributed by atoms with Gasteiger partial charge in [0, 0.05) is 24.7 Å². The van der Waals surface area contributed by atoms with Crippen molar-refractivity contribution in [2.24, 2.45) is 11.7 Å². The van der Waals surface area contributed by atoms with Crippen LogP contribution in [-0.4, -0.2) is 29.9 Å². The lowest BCUT2D eigenvalue weighted by Gasteiger charge is -2.31. The van der Waals surface area contributed by atoms with Gasteiger partial charge in [-0.3, -0.25) is 5.41 Å². The molecule has 18 heavy (non-hydrogen) atoms. The molecule has 1 aromatic rings. The Morgan fingerprint density at radius 2 is 1.89 bits per heavy atom. The summed E-state index contributed by atoms with van der Waals surface area (Å²) in [7, 11) is 0. The number of amidine groups is 1. The molecule has 1 fully saturated rings. The molecule has 1 aliphatic rings. The molecule has 4 N–H and O–H groups in total. The van der Waals surface area contributed by atoms with Gasteiger partial charge in [0.25, 0.3) is 0 Å². The number of hydrogen-bond donors (Lipinski definition) is 3. The molecule has 1 heterocycles. The number of carbonyl (C=O) groups is 1. The third-order valence-corrected chi connectivity index (χ3v) is 3.25. The molecule has 5 heteroatoms. The lowest BCUT2D eigenvalue weighted by molar-refractivity contribution is 0.193. The molecule has 2 amide bonds. The van der Waals surface area contributed by atoms with Gasteiger partial charge in [-0.05, 0) is 25.0 Å². The van der Waals surface area contributed by atoms with Crippen molar-refractivity contribution in [2.75, 3.05) is 18.4 Å². The summed E-state index contributed by atoms with van der Waals surface area (Å²) in [5.41, 5.74) is 6.28. The van der Waals surface area contributed by atoms with Gasteiger partial charge in [-0.15, -0.1) is 0 Å². The van der Waals surface area contributed by atoms with Gasteiger partial charge in [-0.25, -0.2) is 4.79 Å². The van der Waals surface area contributed by atoms with Gasteiger partial charge in [0.2, 0.25) is 0 Å². The molecule has 2 rings (SSSR count). The minimum atomic E-state index is -0.0804. The fourth-order valence-electron chi connectivity index (χ4n) is 2.12. The molecule has 1 aliphatic heterocycles. The van der Waals surface area contributed by atoms with Crippen molar-refractivity contribution in [3.05, 3.63) is 30.3 Å². The third-order valence-electron chi connectivity index (χ3n) is 3.25. The summed E-state index contributed by atoms with van der Waals surface area (Å²) < 4.78 is 0. The number of anilines is 1. The second kappa shape index (κ2) is 5.53. The summed E-state index contributed by atoms with van der Waals surface area (Å²) in [5, 5.41) is 10.3. The number of carbonyl (C=O) groups excluding carboxylic acids is 1. The number of nitrogens with two attached hydrogens (primary N) is 1. The van der Waals surface area contributed by atoms with E-state index in [0.29, 0.717) is 13.1 Å². The van der Waals surface area contributed by atoms with E-state index in [1.165, 1.54) is 0 Å². The van der Waals surface area contributed by atoms with Crippen molar-refractivity contribution in [2.45, 2.75) is 12.8 Å². The van der Waals surface area contributed by atoms with E-state index in [-0.39, 0.29) is 17.8 Å². The first-order valence-corrected chi connectivity index (χ1v) is 6.11. The lowest BCUT2D eigenvalue weighted by atomic mass is 9.96. The molecule has 96 valence electrons. The number of nitrogens with zero attached hydrogens (tertiary/aromatic N) is 1. The second-order valence-electron chi connectivity index (χ2n) is 4.51. The predicted octanol–water partition coefficient (Wildman–Crippen LogP) is 1.87. The molecular weight excluding hydrogens is 228 g/mol. The number of para-hydroxylation sites is 1. The Morgan fingerprint density at radius 3 is 2.44 bits per heavy atom. The van der Waals surface area contributed by atoms with Crippen molar-refractivity contribution in [1.82, 2.24) is 4.90 Å². The summed E-state index contributed by atoms with van der Waals surface area (Å²) in [6, 6.07) is 9.33. The Morgan fingerprint density at radius 1 is 1.28 bits per heavy atom. The highest BCUT2D eigenvalue weighted by Gasteiger charge is 2.24. The smallest absolute Gasteiger partial charge is 0.321 e. The highest BCUT2D eigenvalue weighted by Crippen LogP contribution is 2.17. The fourth-order valence-corrected chi connectivity index (χ4v) is 2.12. The Kier molecular flexibility index (Phi) is 3.82. The summed E-state index contributed by atoms with van der Waals surface area (Å²) in [6.45, 7) is 1.31. The molecule has 1 aromatic carbocycles. The average molecular weight is 246 g/mol. The first kappa shape index (κ1) is 12.4. The van der Waals surface area contributed by atoms with Crippen LogP contribution >= 0.6 is 0 Å². The lowest BCUT2D eigenvalue weighted by Crippen LogP contribution is -2.43. The van der Waals surface area contributed by atoms with Gasteiger partial charge in [-0.2, -0.15) is 0 Å². The van der Waals surface area contributed by atoms with E-state index in [9.17, 15) is 4.79 Å². The van der Waals surface area contributed by atoms with Crippen LogP contribution in [0.15, 0.2) is 30.3 Å². The normalized spacial score (nSPS) is 16.3. The van der Waals surface area contributed by atoms with Gasteiger partial charge >= 0.3 is 6.03 Å². The summed E-state index contributed by atoms with van der Waals surface area (Å²) in [6.07, 6.45) is 1.55. The Bertz CT molecular complexity index is 424. The molecule has 1 saturated heterocycles. The number of hydrogen-bond acceptors (Lipinski definition) is 2. The maximum absolute atomic E-state index is 12.0. The van der Waals surface area contributed by atoms with E-state index < -0.39 is 0 Å². The predicted molar refractivity (Wildman–Crippen MR) is 71.7 cm³/mol. The van der Waals surface area contributed by atoms with Crippen molar-refractivity contribution in [3.63, 3.8) is 0 Å². The largest absolute Gasteiger partial charge is 0.387 e.